The van der Waals surface area contributed by atoms with E-state index in [9.17, 15) is 26.3 Å². The largest absolute Gasteiger partial charge is 1.00 e. The van der Waals surface area contributed by atoms with E-state index in [0.717, 1.165) is 0 Å². The molecule has 0 aliphatic carbocycles. The summed E-state index contributed by atoms with van der Waals surface area (Å²) in [5.74, 6) is 0. The van der Waals surface area contributed by atoms with Crippen molar-refractivity contribution in [2.24, 2.45) is 0 Å². The molecule has 0 aromatic rings. The molecule has 0 heterocycles. The average molecular weight is 174 g/mol. The van der Waals surface area contributed by atoms with Gasteiger partial charge in [-0.05, 0) is 0 Å². The Hall–Kier alpha value is 0.580. The van der Waals surface area contributed by atoms with Crippen molar-refractivity contribution in [3.8, 4) is 0 Å². The van der Waals surface area contributed by atoms with Gasteiger partial charge in [0, 0.05) is 0 Å². The van der Waals surface area contributed by atoms with Crippen LogP contribution in [0.25, 0.3) is 0 Å². The van der Waals surface area contributed by atoms with Crippen LogP contribution in [0.5, 0.6) is 0 Å². The first-order valence-corrected chi connectivity index (χ1v) is 1.71. The second-order valence-corrected chi connectivity index (χ2v) is 1.23. The molecule has 10 heavy (non-hydrogen) atoms. The van der Waals surface area contributed by atoms with E-state index in [-0.39, 0.29) is 29.6 Å². The smallest absolute Gasteiger partial charge is 0.207 e. The molecule has 0 radical (unpaired) electrons. The molecule has 7 heteroatoms. The van der Waals surface area contributed by atoms with Gasteiger partial charge in [-0.15, -0.1) is 6.42 Å². The summed E-state index contributed by atoms with van der Waals surface area (Å²) in [5.41, 5.74) is 0. The van der Waals surface area contributed by atoms with E-state index >= 15 is 0 Å². The molecule has 0 saturated heterocycles. The van der Waals surface area contributed by atoms with Crippen molar-refractivity contribution >= 4 is 0 Å². The van der Waals surface area contributed by atoms with Crippen molar-refractivity contribution in [1.29, 1.82) is 0 Å². The molecule has 0 fully saturated rings. The number of hydrogen-bond donors (Lipinski definition) is 0. The van der Waals surface area contributed by atoms with Gasteiger partial charge in [-0.1, -0.05) is 0 Å². The molecule has 0 spiro atoms. The third kappa shape index (κ3) is 11.4. The summed E-state index contributed by atoms with van der Waals surface area (Å²) in [6, 6.07) is 0. The molecule has 0 aliphatic rings. The van der Waals surface area contributed by atoms with E-state index < -0.39 is 18.8 Å². The molecule has 0 atom stereocenters. The Morgan fingerprint density at radius 1 is 0.700 bits per heavy atom. The van der Waals surface area contributed by atoms with E-state index in [2.05, 4.69) is 0 Å². The summed E-state index contributed by atoms with van der Waals surface area (Å²) >= 11 is 0. The number of hydrogen-bond acceptors (Lipinski definition) is 0. The monoisotopic (exact) mass is 174 g/mol. The molecule has 0 aliphatic heterocycles. The Bertz CT molecular complexity index is 78.1. The van der Waals surface area contributed by atoms with E-state index in [1.807, 2.05) is 0 Å². The molecule has 0 rings (SSSR count). The van der Waals surface area contributed by atoms with E-state index in [4.69, 9.17) is 0 Å². The van der Waals surface area contributed by atoms with Gasteiger partial charge >= 0.3 is 29.6 Å². The number of rotatable bonds is 0. The Morgan fingerprint density at radius 2 is 0.900 bits per heavy atom. The van der Waals surface area contributed by atoms with Gasteiger partial charge in [0.25, 0.3) is 12.4 Å². The van der Waals surface area contributed by atoms with Crippen LogP contribution in [-0.2, 0) is 0 Å². The zero-order valence-electron chi connectivity index (χ0n) is 4.85. The quantitative estimate of drug-likeness (QED) is 0.259. The minimum Gasteiger partial charge on any atom is -0.207 e. The average Bonchev–Trinajstić information content (AvgIpc) is 1.14. The molecule has 0 saturated carbocycles. The predicted octanol–water partition coefficient (Wildman–Crippen LogP) is -0.681. The Labute approximate surface area is 74.9 Å². The zero-order chi connectivity index (χ0) is 7.71. The van der Waals surface area contributed by atoms with Crippen molar-refractivity contribution in [2.75, 3.05) is 0 Å². The Balaban J connectivity index is 0. The fourth-order valence-electron chi connectivity index (χ4n) is 0.186. The van der Waals surface area contributed by atoms with Crippen LogP contribution in [0.3, 0.4) is 0 Å². The normalized spacial score (nSPS) is 12.6. The maximum atomic E-state index is 10.8. The van der Waals surface area contributed by atoms with Gasteiger partial charge in [0.05, 0.1) is 0 Å². The SMILES string of the molecule is FC(F)(F)[CH-]C(F)(F)F.[Na+]. The summed E-state index contributed by atoms with van der Waals surface area (Å²) in [7, 11) is 0. The van der Waals surface area contributed by atoms with Crippen molar-refractivity contribution in [2.45, 2.75) is 12.4 Å². The van der Waals surface area contributed by atoms with Crippen LogP contribution in [0.4, 0.5) is 26.3 Å². The second-order valence-electron chi connectivity index (χ2n) is 1.23. The van der Waals surface area contributed by atoms with Gasteiger partial charge in [-0.2, -0.15) is 0 Å². The summed E-state index contributed by atoms with van der Waals surface area (Å²) in [6.07, 6.45) is -12.2. The van der Waals surface area contributed by atoms with Crippen molar-refractivity contribution < 1.29 is 55.9 Å². The molecule has 0 amide bonds. The molecule has 0 aromatic carbocycles. The molecule has 0 bridgehead atoms. The van der Waals surface area contributed by atoms with Gasteiger partial charge in [-0.25, -0.2) is 26.3 Å². The molecule has 0 aromatic heterocycles. The maximum Gasteiger partial charge on any atom is 1.00 e. The second kappa shape index (κ2) is 3.82. The molecule has 56 valence electrons. The first-order chi connectivity index (χ1) is 3.71. The van der Waals surface area contributed by atoms with Gasteiger partial charge in [0.2, 0.25) is 0 Å². The van der Waals surface area contributed by atoms with Crippen molar-refractivity contribution in [1.82, 2.24) is 0 Å². The van der Waals surface area contributed by atoms with Crippen LogP contribution in [0, 0.1) is 6.42 Å². The molecule has 0 unspecified atom stereocenters. The predicted molar refractivity (Wildman–Crippen MR) is 16.4 cm³/mol. The fourth-order valence-corrected chi connectivity index (χ4v) is 0.186. The van der Waals surface area contributed by atoms with E-state index in [0.29, 0.717) is 0 Å². The first-order valence-electron chi connectivity index (χ1n) is 1.71. The maximum absolute atomic E-state index is 10.8. The van der Waals surface area contributed by atoms with Crippen LogP contribution in [0.15, 0.2) is 0 Å². The molecule has 0 N–H and O–H groups in total. The Kier molecular flexibility index (Phi) is 5.04. The Morgan fingerprint density at radius 3 is 0.900 bits per heavy atom. The van der Waals surface area contributed by atoms with Gasteiger partial charge in [-0.3, -0.25) is 0 Å². The molecule has 0 nitrogen and oxygen atoms in total. The standard InChI is InChI=1S/C3HF6.Na/c4-2(5,6)1-3(7,8)9;/h1H;/q-1;+1. The first kappa shape index (κ1) is 13.2. The topological polar surface area (TPSA) is 0 Å². The molecular weight excluding hydrogens is 173 g/mol. The van der Waals surface area contributed by atoms with E-state index in [1.54, 1.807) is 0 Å². The summed E-state index contributed by atoms with van der Waals surface area (Å²) in [5, 5.41) is 0. The third-order valence-corrected chi connectivity index (χ3v) is 0.327. The molecular formula is C3HF6Na. The fraction of sp³-hybridized carbons (Fsp3) is 0.667. The minimum atomic E-state index is -5.27. The van der Waals surface area contributed by atoms with Crippen molar-refractivity contribution in [3.63, 3.8) is 0 Å². The third-order valence-electron chi connectivity index (χ3n) is 0.327. The summed E-state index contributed by atoms with van der Waals surface area (Å²) in [6.45, 7) is 0. The minimum absolute atomic E-state index is 0. The van der Waals surface area contributed by atoms with Gasteiger partial charge in [0.1, 0.15) is 0 Å². The summed E-state index contributed by atoms with van der Waals surface area (Å²) < 4.78 is 64.7. The van der Waals surface area contributed by atoms with Crippen LogP contribution in [-0.4, -0.2) is 12.4 Å². The van der Waals surface area contributed by atoms with Crippen LogP contribution in [0.2, 0.25) is 0 Å². The van der Waals surface area contributed by atoms with Crippen LogP contribution >= 0.6 is 0 Å². The summed E-state index contributed by atoms with van der Waals surface area (Å²) in [4.78, 5) is 0. The number of alkyl halides is 6. The van der Waals surface area contributed by atoms with Crippen LogP contribution < -0.4 is 29.6 Å². The van der Waals surface area contributed by atoms with Gasteiger partial charge in [0.15, 0.2) is 0 Å². The van der Waals surface area contributed by atoms with Crippen LogP contribution in [0.1, 0.15) is 0 Å². The zero-order valence-corrected chi connectivity index (χ0v) is 6.85. The van der Waals surface area contributed by atoms with E-state index in [1.165, 1.54) is 0 Å². The number of halogens is 6. The van der Waals surface area contributed by atoms with Gasteiger partial charge < -0.3 is 0 Å². The van der Waals surface area contributed by atoms with Crippen molar-refractivity contribution in [3.05, 3.63) is 6.42 Å².